The van der Waals surface area contributed by atoms with Crippen LogP contribution in [0.15, 0.2) is 18.2 Å². The summed E-state index contributed by atoms with van der Waals surface area (Å²) in [6.45, 7) is 0. The molecule has 102 valence electrons. The van der Waals surface area contributed by atoms with Gasteiger partial charge in [0.05, 0.1) is 19.1 Å². The van der Waals surface area contributed by atoms with E-state index in [0.29, 0.717) is 17.6 Å². The molecule has 0 radical (unpaired) electrons. The minimum Gasteiger partial charge on any atom is -0.493 e. The molecular formula is C15H18O4. The Morgan fingerprint density at radius 2 is 1.95 bits per heavy atom. The van der Waals surface area contributed by atoms with Crippen LogP contribution in [-0.4, -0.2) is 19.2 Å². The largest absolute Gasteiger partial charge is 0.493 e. The summed E-state index contributed by atoms with van der Waals surface area (Å²) in [4.78, 5) is 11.7. The first-order valence-electron chi connectivity index (χ1n) is 6.82. The molecule has 0 heterocycles. The Labute approximate surface area is 112 Å². The van der Waals surface area contributed by atoms with Gasteiger partial charge in [0.25, 0.3) is 0 Å². The van der Waals surface area contributed by atoms with Crippen molar-refractivity contribution in [3.63, 3.8) is 0 Å². The van der Waals surface area contributed by atoms with Gasteiger partial charge in [-0.3, -0.25) is 4.79 Å². The fourth-order valence-electron chi connectivity index (χ4n) is 2.00. The topological polar surface area (TPSA) is 44.8 Å². The highest BCUT2D eigenvalue weighted by molar-refractivity contribution is 5.78. The molecule has 0 unspecified atom stereocenters. The number of hydrogen-bond donors (Lipinski definition) is 0. The Morgan fingerprint density at radius 1 is 1.16 bits per heavy atom. The number of carbonyl (C=O) groups is 1. The van der Waals surface area contributed by atoms with Gasteiger partial charge in [0.15, 0.2) is 11.5 Å². The van der Waals surface area contributed by atoms with Crippen molar-refractivity contribution < 1.29 is 19.0 Å². The molecule has 0 amide bonds. The van der Waals surface area contributed by atoms with Crippen LogP contribution in [0.5, 0.6) is 17.2 Å². The van der Waals surface area contributed by atoms with Gasteiger partial charge in [-0.05, 0) is 44.2 Å². The van der Waals surface area contributed by atoms with Gasteiger partial charge in [-0.15, -0.1) is 0 Å². The Hall–Kier alpha value is -1.71. The standard InChI is InChI=1S/C15H18O4/c1-17-13-8-7-12(18-11-3-2-4-11)9-14(13)19-15(16)10-5-6-10/h7-11H,2-6H2,1H3. The van der Waals surface area contributed by atoms with E-state index in [1.807, 2.05) is 6.07 Å². The summed E-state index contributed by atoms with van der Waals surface area (Å²) >= 11 is 0. The number of carbonyl (C=O) groups excluding carboxylic acids is 1. The van der Waals surface area contributed by atoms with Crippen molar-refractivity contribution >= 4 is 5.97 Å². The Bertz CT molecular complexity index is 475. The van der Waals surface area contributed by atoms with Crippen LogP contribution in [0.4, 0.5) is 0 Å². The zero-order valence-corrected chi connectivity index (χ0v) is 11.1. The Balaban J connectivity index is 1.73. The van der Waals surface area contributed by atoms with Crippen molar-refractivity contribution in [3.8, 4) is 17.2 Å². The second-order valence-electron chi connectivity index (χ2n) is 5.18. The first kappa shape index (κ1) is 12.3. The van der Waals surface area contributed by atoms with Crippen molar-refractivity contribution in [3.05, 3.63) is 18.2 Å². The average molecular weight is 262 g/mol. The summed E-state index contributed by atoms with van der Waals surface area (Å²) in [5.74, 6) is 1.66. The van der Waals surface area contributed by atoms with Crippen molar-refractivity contribution in [2.45, 2.75) is 38.2 Å². The lowest BCUT2D eigenvalue weighted by molar-refractivity contribution is -0.135. The van der Waals surface area contributed by atoms with Crippen LogP contribution < -0.4 is 14.2 Å². The molecule has 0 aliphatic heterocycles. The van der Waals surface area contributed by atoms with Gasteiger partial charge in [-0.25, -0.2) is 0 Å². The molecule has 2 aliphatic rings. The van der Waals surface area contributed by atoms with E-state index in [1.165, 1.54) is 6.42 Å². The molecule has 4 nitrogen and oxygen atoms in total. The molecule has 0 atom stereocenters. The normalized spacial score (nSPS) is 18.6. The van der Waals surface area contributed by atoms with E-state index in [9.17, 15) is 4.79 Å². The molecule has 1 aromatic rings. The summed E-state index contributed by atoms with van der Waals surface area (Å²) in [6.07, 6.45) is 5.59. The number of hydrogen-bond acceptors (Lipinski definition) is 4. The zero-order chi connectivity index (χ0) is 13.2. The first-order valence-corrected chi connectivity index (χ1v) is 6.82. The van der Waals surface area contributed by atoms with Gasteiger partial charge in [0.1, 0.15) is 5.75 Å². The van der Waals surface area contributed by atoms with E-state index in [2.05, 4.69) is 0 Å². The van der Waals surface area contributed by atoms with Crippen LogP contribution in [0.2, 0.25) is 0 Å². The van der Waals surface area contributed by atoms with E-state index in [0.717, 1.165) is 31.4 Å². The minimum atomic E-state index is -0.168. The highest BCUT2D eigenvalue weighted by Crippen LogP contribution is 2.36. The van der Waals surface area contributed by atoms with Crippen LogP contribution in [0.25, 0.3) is 0 Å². The average Bonchev–Trinajstić information content (AvgIpc) is 3.18. The fourth-order valence-corrected chi connectivity index (χ4v) is 2.00. The van der Waals surface area contributed by atoms with Crippen molar-refractivity contribution in [2.75, 3.05) is 7.11 Å². The second kappa shape index (κ2) is 5.11. The molecule has 0 aromatic heterocycles. The predicted molar refractivity (Wildman–Crippen MR) is 69.6 cm³/mol. The molecule has 2 saturated carbocycles. The molecule has 0 N–H and O–H groups in total. The number of benzene rings is 1. The first-order chi connectivity index (χ1) is 9.26. The van der Waals surface area contributed by atoms with Gasteiger partial charge in [-0.2, -0.15) is 0 Å². The summed E-state index contributed by atoms with van der Waals surface area (Å²) in [6, 6.07) is 5.38. The van der Waals surface area contributed by atoms with Crippen molar-refractivity contribution in [1.29, 1.82) is 0 Å². The van der Waals surface area contributed by atoms with E-state index in [1.54, 1.807) is 19.2 Å². The molecule has 2 aliphatic carbocycles. The van der Waals surface area contributed by atoms with Gasteiger partial charge in [0, 0.05) is 6.07 Å². The van der Waals surface area contributed by atoms with Gasteiger partial charge < -0.3 is 14.2 Å². The third-order valence-electron chi connectivity index (χ3n) is 3.61. The van der Waals surface area contributed by atoms with Crippen molar-refractivity contribution in [1.82, 2.24) is 0 Å². The minimum absolute atomic E-state index is 0.0703. The summed E-state index contributed by atoms with van der Waals surface area (Å²) in [7, 11) is 1.57. The second-order valence-corrected chi connectivity index (χ2v) is 5.18. The molecule has 3 rings (SSSR count). The molecule has 0 saturated heterocycles. The SMILES string of the molecule is COc1ccc(OC2CCC2)cc1OC(=O)C1CC1. The number of esters is 1. The van der Waals surface area contributed by atoms with Crippen LogP contribution >= 0.6 is 0 Å². The van der Waals surface area contributed by atoms with Gasteiger partial charge in [-0.1, -0.05) is 0 Å². The lowest BCUT2D eigenvalue weighted by Gasteiger charge is -2.26. The molecule has 19 heavy (non-hydrogen) atoms. The van der Waals surface area contributed by atoms with Crippen LogP contribution in [0, 0.1) is 5.92 Å². The Morgan fingerprint density at radius 3 is 2.53 bits per heavy atom. The number of ether oxygens (including phenoxy) is 3. The maximum absolute atomic E-state index is 11.7. The van der Waals surface area contributed by atoms with E-state index in [-0.39, 0.29) is 11.9 Å². The zero-order valence-electron chi connectivity index (χ0n) is 11.1. The molecule has 4 heteroatoms. The van der Waals surface area contributed by atoms with Crippen LogP contribution in [-0.2, 0) is 4.79 Å². The summed E-state index contributed by atoms with van der Waals surface area (Å²) in [5, 5.41) is 0. The number of rotatable bonds is 5. The van der Waals surface area contributed by atoms with Crippen LogP contribution in [0.1, 0.15) is 32.1 Å². The quantitative estimate of drug-likeness (QED) is 0.604. The molecular weight excluding hydrogens is 244 g/mol. The predicted octanol–water partition coefficient (Wildman–Crippen LogP) is 2.94. The van der Waals surface area contributed by atoms with Gasteiger partial charge >= 0.3 is 5.97 Å². The molecule has 0 spiro atoms. The third kappa shape index (κ3) is 2.83. The van der Waals surface area contributed by atoms with E-state index < -0.39 is 0 Å². The maximum atomic E-state index is 11.7. The summed E-state index contributed by atoms with van der Waals surface area (Å²) in [5.41, 5.74) is 0. The van der Waals surface area contributed by atoms with Gasteiger partial charge in [0.2, 0.25) is 0 Å². The lowest BCUT2D eigenvalue weighted by atomic mass is 9.96. The fraction of sp³-hybridized carbons (Fsp3) is 0.533. The maximum Gasteiger partial charge on any atom is 0.314 e. The molecule has 2 fully saturated rings. The summed E-state index contributed by atoms with van der Waals surface area (Å²) < 4.78 is 16.4. The number of methoxy groups -OCH3 is 1. The van der Waals surface area contributed by atoms with E-state index >= 15 is 0 Å². The van der Waals surface area contributed by atoms with E-state index in [4.69, 9.17) is 14.2 Å². The lowest BCUT2D eigenvalue weighted by Crippen LogP contribution is -2.24. The third-order valence-corrected chi connectivity index (χ3v) is 3.61. The highest BCUT2D eigenvalue weighted by atomic mass is 16.6. The molecule has 1 aromatic carbocycles. The molecule has 0 bridgehead atoms. The van der Waals surface area contributed by atoms with Crippen LogP contribution in [0.3, 0.4) is 0 Å². The highest BCUT2D eigenvalue weighted by Gasteiger charge is 2.32. The smallest absolute Gasteiger partial charge is 0.314 e. The monoisotopic (exact) mass is 262 g/mol. The Kier molecular flexibility index (Phi) is 3.32. The van der Waals surface area contributed by atoms with Crippen molar-refractivity contribution in [2.24, 2.45) is 5.92 Å².